The standard InChI is InChI=1S/C13H22O6/c1-4-17-11(14)10(12(15)18-5-2)13(16)6-7-19-9(3)8-13/h9-10,16H,4-8H2,1-3H3. The normalized spacial score (nSPS) is 27.1. The van der Waals surface area contributed by atoms with E-state index in [1.165, 1.54) is 0 Å². The molecule has 2 atom stereocenters. The molecule has 0 bridgehead atoms. The van der Waals surface area contributed by atoms with E-state index in [4.69, 9.17) is 14.2 Å². The molecule has 1 saturated heterocycles. The third-order valence-electron chi connectivity index (χ3n) is 3.16. The third kappa shape index (κ3) is 3.91. The highest BCUT2D eigenvalue weighted by Crippen LogP contribution is 2.33. The summed E-state index contributed by atoms with van der Waals surface area (Å²) in [4.78, 5) is 23.9. The summed E-state index contributed by atoms with van der Waals surface area (Å²) in [7, 11) is 0. The fourth-order valence-corrected chi connectivity index (χ4v) is 2.34. The van der Waals surface area contributed by atoms with Crippen LogP contribution in [-0.4, -0.2) is 48.6 Å². The van der Waals surface area contributed by atoms with E-state index in [9.17, 15) is 14.7 Å². The number of esters is 2. The summed E-state index contributed by atoms with van der Waals surface area (Å²) in [6.45, 7) is 5.69. The molecule has 1 fully saturated rings. The van der Waals surface area contributed by atoms with Crippen LogP contribution in [0, 0.1) is 5.92 Å². The van der Waals surface area contributed by atoms with Gasteiger partial charge in [-0.1, -0.05) is 0 Å². The first-order chi connectivity index (χ1) is 8.94. The van der Waals surface area contributed by atoms with Gasteiger partial charge in [-0.15, -0.1) is 0 Å². The summed E-state index contributed by atoms with van der Waals surface area (Å²) in [6, 6.07) is 0. The lowest BCUT2D eigenvalue weighted by atomic mass is 9.79. The zero-order valence-electron chi connectivity index (χ0n) is 11.7. The quantitative estimate of drug-likeness (QED) is 0.586. The van der Waals surface area contributed by atoms with E-state index >= 15 is 0 Å². The topological polar surface area (TPSA) is 82.1 Å². The van der Waals surface area contributed by atoms with Gasteiger partial charge in [0.1, 0.15) is 0 Å². The van der Waals surface area contributed by atoms with Crippen molar-refractivity contribution in [3.63, 3.8) is 0 Å². The molecule has 0 aliphatic carbocycles. The Bertz CT molecular complexity index is 311. The second-order valence-corrected chi connectivity index (χ2v) is 4.68. The molecule has 19 heavy (non-hydrogen) atoms. The lowest BCUT2D eigenvalue weighted by Crippen LogP contribution is -2.53. The van der Waals surface area contributed by atoms with E-state index in [-0.39, 0.29) is 32.2 Å². The summed E-state index contributed by atoms with van der Waals surface area (Å²) in [5.41, 5.74) is -1.46. The van der Waals surface area contributed by atoms with Gasteiger partial charge in [0.2, 0.25) is 0 Å². The van der Waals surface area contributed by atoms with Crippen LogP contribution in [0.2, 0.25) is 0 Å². The van der Waals surface area contributed by atoms with Crippen LogP contribution < -0.4 is 0 Å². The molecule has 1 N–H and O–H groups in total. The molecule has 1 aliphatic heterocycles. The molecule has 6 nitrogen and oxygen atoms in total. The van der Waals surface area contributed by atoms with Gasteiger partial charge in [-0.2, -0.15) is 0 Å². The van der Waals surface area contributed by atoms with Crippen LogP contribution in [0.5, 0.6) is 0 Å². The van der Waals surface area contributed by atoms with E-state index in [2.05, 4.69) is 0 Å². The molecule has 0 aromatic rings. The predicted octanol–water partition coefficient (Wildman–Crippen LogP) is 0.659. The van der Waals surface area contributed by atoms with Crippen molar-refractivity contribution in [1.82, 2.24) is 0 Å². The number of aliphatic hydroxyl groups is 1. The molecule has 0 spiro atoms. The Hall–Kier alpha value is -1.14. The summed E-state index contributed by atoms with van der Waals surface area (Å²) >= 11 is 0. The highest BCUT2D eigenvalue weighted by Gasteiger charge is 2.50. The molecule has 6 heteroatoms. The van der Waals surface area contributed by atoms with Crippen molar-refractivity contribution in [1.29, 1.82) is 0 Å². The van der Waals surface area contributed by atoms with Crippen LogP contribution >= 0.6 is 0 Å². The molecule has 2 unspecified atom stereocenters. The van der Waals surface area contributed by atoms with Crippen molar-refractivity contribution in [3.05, 3.63) is 0 Å². The van der Waals surface area contributed by atoms with Crippen molar-refractivity contribution >= 4 is 11.9 Å². The first kappa shape index (κ1) is 15.9. The Morgan fingerprint density at radius 3 is 2.26 bits per heavy atom. The SMILES string of the molecule is CCOC(=O)C(C(=O)OCC)C1(O)CCOC(C)C1. The fraction of sp³-hybridized carbons (Fsp3) is 0.846. The molecule has 0 aromatic carbocycles. The lowest BCUT2D eigenvalue weighted by molar-refractivity contribution is -0.185. The Morgan fingerprint density at radius 1 is 1.32 bits per heavy atom. The zero-order chi connectivity index (χ0) is 14.5. The minimum atomic E-state index is -1.46. The van der Waals surface area contributed by atoms with Crippen LogP contribution in [0.15, 0.2) is 0 Å². The summed E-state index contributed by atoms with van der Waals surface area (Å²) in [6.07, 6.45) is 0.194. The zero-order valence-corrected chi connectivity index (χ0v) is 11.7. The number of hydrogen-bond acceptors (Lipinski definition) is 6. The maximum Gasteiger partial charge on any atom is 0.323 e. The van der Waals surface area contributed by atoms with Crippen molar-refractivity contribution in [2.24, 2.45) is 5.92 Å². The van der Waals surface area contributed by atoms with Gasteiger partial charge in [-0.05, 0) is 20.8 Å². The molecule has 0 radical (unpaired) electrons. The second kappa shape index (κ2) is 6.86. The fourth-order valence-electron chi connectivity index (χ4n) is 2.34. The second-order valence-electron chi connectivity index (χ2n) is 4.68. The molecule has 0 aromatic heterocycles. The molecule has 1 rings (SSSR count). The molecule has 0 saturated carbocycles. The minimum absolute atomic E-state index is 0.150. The van der Waals surface area contributed by atoms with Crippen LogP contribution in [0.1, 0.15) is 33.6 Å². The Kier molecular flexibility index (Phi) is 5.75. The number of hydrogen-bond donors (Lipinski definition) is 1. The van der Waals surface area contributed by atoms with Crippen LogP contribution in [0.4, 0.5) is 0 Å². The van der Waals surface area contributed by atoms with Gasteiger partial charge >= 0.3 is 11.9 Å². The monoisotopic (exact) mass is 274 g/mol. The van der Waals surface area contributed by atoms with Crippen molar-refractivity contribution in [2.45, 2.75) is 45.3 Å². The molecule has 110 valence electrons. The van der Waals surface area contributed by atoms with Crippen molar-refractivity contribution in [3.8, 4) is 0 Å². The largest absolute Gasteiger partial charge is 0.465 e. The number of ether oxygens (including phenoxy) is 3. The Labute approximate surface area is 113 Å². The molecule has 1 heterocycles. The number of carbonyl (C=O) groups is 2. The van der Waals surface area contributed by atoms with Gasteiger partial charge in [0, 0.05) is 19.4 Å². The highest BCUT2D eigenvalue weighted by molar-refractivity contribution is 5.96. The summed E-state index contributed by atoms with van der Waals surface area (Å²) < 4.78 is 15.1. The van der Waals surface area contributed by atoms with Gasteiger partial charge in [0.05, 0.1) is 24.9 Å². The van der Waals surface area contributed by atoms with Gasteiger partial charge in [0.15, 0.2) is 5.92 Å². The Balaban J connectivity index is 2.93. The van der Waals surface area contributed by atoms with Gasteiger partial charge in [-0.25, -0.2) is 0 Å². The predicted molar refractivity (Wildman–Crippen MR) is 66.4 cm³/mol. The Morgan fingerprint density at radius 2 is 1.84 bits per heavy atom. The maximum absolute atomic E-state index is 11.9. The first-order valence-corrected chi connectivity index (χ1v) is 6.61. The van der Waals surface area contributed by atoms with Gasteiger partial charge in [0.25, 0.3) is 0 Å². The lowest BCUT2D eigenvalue weighted by Gasteiger charge is -2.38. The molecular formula is C13H22O6. The van der Waals surface area contributed by atoms with Crippen LogP contribution in [-0.2, 0) is 23.8 Å². The first-order valence-electron chi connectivity index (χ1n) is 6.61. The van der Waals surface area contributed by atoms with E-state index in [1.54, 1.807) is 20.8 Å². The van der Waals surface area contributed by atoms with E-state index in [1.807, 2.05) is 0 Å². The van der Waals surface area contributed by atoms with Crippen LogP contribution in [0.3, 0.4) is 0 Å². The van der Waals surface area contributed by atoms with E-state index in [0.717, 1.165) is 0 Å². The van der Waals surface area contributed by atoms with Crippen molar-refractivity contribution < 1.29 is 28.9 Å². The molecular weight excluding hydrogens is 252 g/mol. The number of rotatable bonds is 5. The van der Waals surface area contributed by atoms with E-state index < -0.39 is 23.5 Å². The van der Waals surface area contributed by atoms with Crippen molar-refractivity contribution in [2.75, 3.05) is 19.8 Å². The van der Waals surface area contributed by atoms with E-state index in [0.29, 0.717) is 6.61 Å². The summed E-state index contributed by atoms with van der Waals surface area (Å²) in [5.74, 6) is -2.78. The number of carbonyl (C=O) groups excluding carboxylic acids is 2. The van der Waals surface area contributed by atoms with Crippen LogP contribution in [0.25, 0.3) is 0 Å². The maximum atomic E-state index is 11.9. The molecule has 0 amide bonds. The average Bonchev–Trinajstić information content (AvgIpc) is 2.28. The smallest absolute Gasteiger partial charge is 0.323 e. The molecule has 1 aliphatic rings. The minimum Gasteiger partial charge on any atom is -0.465 e. The van der Waals surface area contributed by atoms with Gasteiger partial charge in [-0.3, -0.25) is 9.59 Å². The highest BCUT2D eigenvalue weighted by atomic mass is 16.6. The van der Waals surface area contributed by atoms with Gasteiger partial charge < -0.3 is 19.3 Å². The average molecular weight is 274 g/mol. The summed E-state index contributed by atoms with van der Waals surface area (Å²) in [5, 5.41) is 10.6. The third-order valence-corrected chi connectivity index (χ3v) is 3.16.